The average molecular weight is 557 g/mol. The Labute approximate surface area is 245 Å². The van der Waals surface area contributed by atoms with Crippen molar-refractivity contribution in [2.24, 2.45) is 12.1 Å². The van der Waals surface area contributed by atoms with Gasteiger partial charge in [0.15, 0.2) is 0 Å². The van der Waals surface area contributed by atoms with Gasteiger partial charge in [0.2, 0.25) is 5.54 Å². The summed E-state index contributed by atoms with van der Waals surface area (Å²) in [6.07, 6.45) is 3.11. The molecular formula is C35H34N5O2+. The second-order valence-electron chi connectivity index (χ2n) is 11.6. The van der Waals surface area contributed by atoms with Crippen LogP contribution in [-0.4, -0.2) is 32.3 Å². The molecule has 7 nitrogen and oxygen atoms in total. The Morgan fingerprint density at radius 2 is 1.33 bits per heavy atom. The van der Waals surface area contributed by atoms with Gasteiger partial charge in [0.05, 0.1) is 17.3 Å². The van der Waals surface area contributed by atoms with Crippen molar-refractivity contribution in [3.63, 3.8) is 0 Å². The molecule has 1 amide bonds. The van der Waals surface area contributed by atoms with Crippen molar-refractivity contribution in [3.05, 3.63) is 138 Å². The lowest BCUT2D eigenvalue weighted by atomic mass is 9.75. The van der Waals surface area contributed by atoms with E-state index in [-0.39, 0.29) is 0 Å². The van der Waals surface area contributed by atoms with Crippen molar-refractivity contribution in [2.75, 3.05) is 5.73 Å². The molecular weight excluding hydrogens is 522 g/mol. The second-order valence-corrected chi connectivity index (χ2v) is 11.6. The highest BCUT2D eigenvalue weighted by Crippen LogP contribution is 2.51. The van der Waals surface area contributed by atoms with Gasteiger partial charge in [0.1, 0.15) is 17.5 Å². The molecule has 7 heteroatoms. The highest BCUT2D eigenvalue weighted by atomic mass is 16.6. The predicted molar refractivity (Wildman–Crippen MR) is 167 cm³/mol. The van der Waals surface area contributed by atoms with Crippen LogP contribution in [0.5, 0.6) is 0 Å². The Bertz CT molecular complexity index is 1720. The molecule has 0 radical (unpaired) electrons. The topological polar surface area (TPSA) is 82.5 Å². The molecule has 2 N–H and O–H groups in total. The van der Waals surface area contributed by atoms with Gasteiger partial charge in [0, 0.05) is 34.8 Å². The highest BCUT2D eigenvalue weighted by molar-refractivity contribution is 6.14. The van der Waals surface area contributed by atoms with Crippen molar-refractivity contribution in [1.82, 2.24) is 9.78 Å². The number of nitrogens with zero attached hydrogens (tertiary/aromatic N) is 4. The van der Waals surface area contributed by atoms with E-state index in [2.05, 4.69) is 0 Å². The van der Waals surface area contributed by atoms with Crippen molar-refractivity contribution in [3.8, 4) is 0 Å². The Morgan fingerprint density at radius 1 is 0.810 bits per heavy atom. The molecule has 42 heavy (non-hydrogen) atoms. The summed E-state index contributed by atoms with van der Waals surface area (Å²) in [6, 6.07) is 35.8. The van der Waals surface area contributed by atoms with Gasteiger partial charge in [-0.25, -0.2) is 0 Å². The first kappa shape index (κ1) is 27.2. The number of amides is 1. The Kier molecular flexibility index (Phi) is 6.55. The summed E-state index contributed by atoms with van der Waals surface area (Å²) in [4.78, 5) is 14.8. The first-order valence-corrected chi connectivity index (χ1v) is 14.0. The molecule has 4 aromatic carbocycles. The van der Waals surface area contributed by atoms with Crippen LogP contribution >= 0.6 is 0 Å². The number of ether oxygens (including phenoxy) is 1. The van der Waals surface area contributed by atoms with Crippen LogP contribution in [0.4, 0.5) is 10.5 Å². The molecule has 1 atom stereocenters. The first-order valence-electron chi connectivity index (χ1n) is 14.0. The quantitative estimate of drug-likeness (QED) is 0.141. The van der Waals surface area contributed by atoms with Crippen LogP contribution in [-0.2, 0) is 17.3 Å². The number of anilines is 1. The van der Waals surface area contributed by atoms with Crippen LogP contribution in [0.1, 0.15) is 43.2 Å². The first-order chi connectivity index (χ1) is 20.2. The summed E-state index contributed by atoms with van der Waals surface area (Å²) in [6.45, 7) is 5.61. The van der Waals surface area contributed by atoms with Gasteiger partial charge in [-0.2, -0.15) is 9.89 Å². The highest BCUT2D eigenvalue weighted by Gasteiger charge is 2.64. The van der Waals surface area contributed by atoms with Gasteiger partial charge in [-0.3, -0.25) is 4.68 Å². The minimum absolute atomic E-state index is 0.509. The van der Waals surface area contributed by atoms with Gasteiger partial charge < -0.3 is 10.5 Å². The number of nitrogens with two attached hydrogens (primary N) is 1. The van der Waals surface area contributed by atoms with E-state index in [1.807, 2.05) is 148 Å². The molecule has 6 rings (SSSR count). The lowest BCUT2D eigenvalue weighted by Gasteiger charge is -2.44. The van der Waals surface area contributed by atoms with E-state index in [0.717, 1.165) is 27.6 Å². The van der Waals surface area contributed by atoms with Crippen LogP contribution in [0, 0.1) is 0 Å². The summed E-state index contributed by atoms with van der Waals surface area (Å²) in [5.41, 5.74) is 9.90. The minimum Gasteiger partial charge on any atom is -0.412 e. The van der Waals surface area contributed by atoms with Gasteiger partial charge >= 0.3 is 6.09 Å². The van der Waals surface area contributed by atoms with E-state index in [1.54, 1.807) is 6.21 Å². The third-order valence-electron chi connectivity index (χ3n) is 7.61. The number of aromatic nitrogens is 2. The van der Waals surface area contributed by atoms with Crippen LogP contribution in [0.15, 0.2) is 120 Å². The number of benzene rings is 4. The molecule has 0 fully saturated rings. The number of aryl methyl sites for hydroxylation is 1. The van der Waals surface area contributed by atoms with E-state index in [9.17, 15) is 4.79 Å². The predicted octanol–water partition coefficient (Wildman–Crippen LogP) is 7.24. The Hall–Kier alpha value is -5.01. The van der Waals surface area contributed by atoms with E-state index in [4.69, 9.17) is 20.7 Å². The smallest absolute Gasteiger partial charge is 0.412 e. The van der Waals surface area contributed by atoms with E-state index >= 15 is 0 Å². The third-order valence-corrected chi connectivity index (χ3v) is 7.61. The van der Waals surface area contributed by atoms with E-state index < -0.39 is 21.8 Å². The molecule has 2 heterocycles. The summed E-state index contributed by atoms with van der Waals surface area (Å²) in [5, 5.41) is 10.8. The maximum Gasteiger partial charge on any atom is 0.550 e. The number of nitrogen functional groups attached to an aromatic ring is 1. The zero-order valence-corrected chi connectivity index (χ0v) is 24.2. The molecule has 5 aromatic rings. The maximum absolute atomic E-state index is 14.8. The molecule has 1 aliphatic heterocycles. The summed E-state index contributed by atoms with van der Waals surface area (Å²) in [7, 11) is 1.90. The third kappa shape index (κ3) is 4.30. The number of allylic oxidation sites excluding steroid dienone is 1. The lowest BCUT2D eigenvalue weighted by molar-refractivity contribution is -0.861. The number of fused-ring (bicyclic) bond motifs is 1. The number of hydrogen-bond acceptors (Lipinski definition) is 5. The maximum atomic E-state index is 14.8. The molecule has 0 bridgehead atoms. The number of rotatable bonds is 5. The lowest BCUT2D eigenvalue weighted by Crippen LogP contribution is -2.60. The monoisotopic (exact) mass is 556 g/mol. The summed E-state index contributed by atoms with van der Waals surface area (Å²) < 4.78 is 7.52. The molecule has 0 aliphatic carbocycles. The zero-order valence-electron chi connectivity index (χ0n) is 24.2. The number of carbonyl (C=O) groups is 1. The largest absolute Gasteiger partial charge is 0.550 e. The van der Waals surface area contributed by atoms with Crippen LogP contribution < -0.4 is 5.73 Å². The summed E-state index contributed by atoms with van der Waals surface area (Å²) >= 11 is 0. The Morgan fingerprint density at radius 3 is 1.83 bits per heavy atom. The number of hydrogen-bond donors (Lipinski definition) is 1. The van der Waals surface area contributed by atoms with Crippen molar-refractivity contribution in [1.29, 1.82) is 0 Å². The minimum atomic E-state index is -1.14. The van der Waals surface area contributed by atoms with E-state index in [0.29, 0.717) is 17.0 Å². The number of quaternary nitrogens is 1. The van der Waals surface area contributed by atoms with Gasteiger partial charge in [0.25, 0.3) is 0 Å². The molecule has 1 aliphatic rings. The van der Waals surface area contributed by atoms with E-state index in [1.165, 1.54) is 0 Å². The zero-order chi connectivity index (χ0) is 29.5. The normalized spacial score (nSPS) is 16.9. The van der Waals surface area contributed by atoms with Crippen LogP contribution in [0.3, 0.4) is 0 Å². The SMILES string of the molecule is Cn1nc(C2=C[N+](C(=O)OC(C)(C)C)(C(c3ccccc3)(c3ccccc3)c3ccccc3)N=C2)c2cc(N)ccc21. The fourth-order valence-electron chi connectivity index (χ4n) is 5.92. The molecule has 1 aromatic heterocycles. The van der Waals surface area contributed by atoms with Crippen molar-refractivity contribution >= 4 is 34.5 Å². The molecule has 0 saturated carbocycles. The summed E-state index contributed by atoms with van der Waals surface area (Å²) in [5.74, 6) is 0. The standard InChI is InChI=1S/C35H34N5O2/c1-34(2,3)42-33(41)40(24-25(23-37-40)32-30-22-29(36)20-21-31(30)39(4)38-32)35(26-14-8-5-9-15-26,27-16-10-6-11-17-27)28-18-12-7-13-19-28/h5-24H,36H2,1-4H3/q+1. The van der Waals surface area contributed by atoms with Crippen LogP contribution in [0.25, 0.3) is 16.5 Å². The van der Waals surface area contributed by atoms with Crippen molar-refractivity contribution < 1.29 is 14.1 Å². The molecule has 210 valence electrons. The van der Waals surface area contributed by atoms with Crippen molar-refractivity contribution in [2.45, 2.75) is 31.9 Å². The van der Waals surface area contributed by atoms with Gasteiger partial charge in [-0.05, 0) is 39.0 Å². The van der Waals surface area contributed by atoms with Gasteiger partial charge in [-0.1, -0.05) is 101 Å². The second kappa shape index (κ2) is 10.1. The Balaban J connectivity index is 1.74. The average Bonchev–Trinajstić information content (AvgIpc) is 3.57. The molecule has 1 unspecified atom stereocenters. The molecule has 0 spiro atoms. The fourth-order valence-corrected chi connectivity index (χ4v) is 5.92. The molecule has 0 saturated heterocycles. The van der Waals surface area contributed by atoms with Crippen LogP contribution in [0.2, 0.25) is 0 Å². The fraction of sp³-hybridized carbons (Fsp3) is 0.171. The van der Waals surface area contributed by atoms with Gasteiger partial charge in [-0.15, -0.1) is 0 Å². The number of carbonyl (C=O) groups excluding carboxylic acids is 1.